The van der Waals surface area contributed by atoms with Gasteiger partial charge in [-0.25, -0.2) is 9.98 Å². The van der Waals surface area contributed by atoms with Crippen molar-refractivity contribution < 1.29 is 0 Å². The molecule has 1 aromatic rings. The summed E-state index contributed by atoms with van der Waals surface area (Å²) in [4.78, 5) is 14.3. The van der Waals surface area contributed by atoms with Crippen molar-refractivity contribution in [2.75, 3.05) is 27.2 Å². The van der Waals surface area contributed by atoms with E-state index in [9.17, 15) is 0 Å². The van der Waals surface area contributed by atoms with E-state index in [1.54, 1.807) is 0 Å². The molecule has 0 amide bonds. The Labute approximate surface area is 146 Å². The van der Waals surface area contributed by atoms with Crippen LogP contribution in [0, 0.1) is 0 Å². The Morgan fingerprint density at radius 3 is 1.46 bits per heavy atom. The van der Waals surface area contributed by atoms with Gasteiger partial charge in [0.1, 0.15) is 11.7 Å². The first kappa shape index (κ1) is 17.0. The average Bonchev–Trinajstić information content (AvgIpc) is 2.91. The molecule has 0 radical (unpaired) electrons. The maximum absolute atomic E-state index is 4.86. The molecule has 0 spiro atoms. The molecule has 130 valence electrons. The van der Waals surface area contributed by atoms with Crippen molar-refractivity contribution in [3.8, 4) is 0 Å². The molecule has 0 aromatic heterocycles. The minimum absolute atomic E-state index is 1.04. The van der Waals surface area contributed by atoms with Crippen LogP contribution in [0.25, 0.3) is 0 Å². The van der Waals surface area contributed by atoms with Gasteiger partial charge in [-0.15, -0.1) is 0 Å². The summed E-state index contributed by atoms with van der Waals surface area (Å²) in [7, 11) is 4.32. The Morgan fingerprint density at radius 1 is 0.625 bits per heavy atom. The number of hydrogen-bond donors (Lipinski definition) is 0. The molecule has 2 aliphatic rings. The van der Waals surface area contributed by atoms with E-state index >= 15 is 0 Å². The van der Waals surface area contributed by atoms with Crippen LogP contribution in [0.5, 0.6) is 0 Å². The summed E-state index contributed by atoms with van der Waals surface area (Å²) in [6.45, 7) is 2.24. The lowest BCUT2D eigenvalue weighted by Gasteiger charge is -2.18. The highest BCUT2D eigenvalue weighted by Crippen LogP contribution is 2.22. The van der Waals surface area contributed by atoms with Crippen molar-refractivity contribution in [2.24, 2.45) is 9.98 Å². The van der Waals surface area contributed by atoms with Crippen LogP contribution in [0.15, 0.2) is 34.3 Å². The summed E-state index contributed by atoms with van der Waals surface area (Å²) < 4.78 is 0. The zero-order valence-electron chi connectivity index (χ0n) is 15.2. The van der Waals surface area contributed by atoms with Crippen LogP contribution >= 0.6 is 0 Å². The Balaban J connectivity index is 1.73. The lowest BCUT2D eigenvalue weighted by molar-refractivity contribution is 0.494. The summed E-state index contributed by atoms with van der Waals surface area (Å²) >= 11 is 0. The van der Waals surface area contributed by atoms with E-state index in [0.29, 0.717) is 0 Å². The first-order valence-corrected chi connectivity index (χ1v) is 9.40. The van der Waals surface area contributed by atoms with E-state index in [1.807, 2.05) is 0 Å². The predicted molar refractivity (Wildman–Crippen MR) is 103 cm³/mol. The van der Waals surface area contributed by atoms with Crippen LogP contribution in [0.4, 0.5) is 11.4 Å². The number of benzene rings is 1. The van der Waals surface area contributed by atoms with Crippen LogP contribution in [0.2, 0.25) is 0 Å². The van der Waals surface area contributed by atoms with Gasteiger partial charge in [0, 0.05) is 40.0 Å². The van der Waals surface area contributed by atoms with Crippen molar-refractivity contribution in [1.82, 2.24) is 9.80 Å². The Morgan fingerprint density at radius 2 is 1.04 bits per heavy atom. The maximum atomic E-state index is 4.86. The molecular formula is C20H30N4. The first-order valence-electron chi connectivity index (χ1n) is 9.40. The smallest absolute Gasteiger partial charge is 0.105 e. The van der Waals surface area contributed by atoms with Crippen molar-refractivity contribution >= 4 is 23.0 Å². The minimum Gasteiger partial charge on any atom is -0.363 e. The molecule has 2 saturated heterocycles. The molecule has 2 aliphatic heterocycles. The first-order chi connectivity index (χ1) is 11.7. The van der Waals surface area contributed by atoms with Crippen LogP contribution in [-0.2, 0) is 0 Å². The van der Waals surface area contributed by atoms with E-state index in [2.05, 4.69) is 48.2 Å². The Bertz CT molecular complexity index is 535. The minimum atomic E-state index is 1.04. The van der Waals surface area contributed by atoms with E-state index in [0.717, 1.165) is 37.3 Å². The molecule has 4 heteroatoms. The van der Waals surface area contributed by atoms with Gasteiger partial charge in [0.2, 0.25) is 0 Å². The van der Waals surface area contributed by atoms with Crippen LogP contribution < -0.4 is 0 Å². The van der Waals surface area contributed by atoms with Gasteiger partial charge in [-0.2, -0.15) is 0 Å². The molecule has 0 N–H and O–H groups in total. The zero-order chi connectivity index (χ0) is 16.8. The van der Waals surface area contributed by atoms with Crippen molar-refractivity contribution in [2.45, 2.75) is 51.4 Å². The third-order valence-electron chi connectivity index (χ3n) is 5.04. The highest BCUT2D eigenvalue weighted by molar-refractivity contribution is 5.86. The number of aliphatic imine (C=N–C) groups is 2. The van der Waals surface area contributed by atoms with Gasteiger partial charge in [-0.1, -0.05) is 12.8 Å². The largest absolute Gasteiger partial charge is 0.363 e. The molecule has 2 fully saturated rings. The van der Waals surface area contributed by atoms with Gasteiger partial charge >= 0.3 is 0 Å². The quantitative estimate of drug-likeness (QED) is 0.784. The van der Waals surface area contributed by atoms with Gasteiger partial charge in [0.15, 0.2) is 0 Å². The highest BCUT2D eigenvalue weighted by Gasteiger charge is 2.12. The molecule has 0 saturated carbocycles. The van der Waals surface area contributed by atoms with E-state index in [4.69, 9.17) is 9.98 Å². The SMILES string of the molecule is CN1CCCCCC1=Nc1ccc(N=C2CCCCCN2C)cc1. The van der Waals surface area contributed by atoms with Gasteiger partial charge < -0.3 is 9.80 Å². The average molecular weight is 326 g/mol. The topological polar surface area (TPSA) is 31.2 Å². The fraction of sp³-hybridized carbons (Fsp3) is 0.600. The number of nitrogens with zero attached hydrogens (tertiary/aromatic N) is 4. The molecule has 0 aliphatic carbocycles. The lowest BCUT2D eigenvalue weighted by Crippen LogP contribution is -2.25. The molecule has 1 aromatic carbocycles. The number of hydrogen-bond acceptors (Lipinski definition) is 2. The van der Waals surface area contributed by atoms with Crippen LogP contribution in [-0.4, -0.2) is 48.7 Å². The third-order valence-corrected chi connectivity index (χ3v) is 5.04. The number of amidine groups is 2. The standard InChI is InChI=1S/C20H30N4/c1-23-15-7-3-5-9-19(23)21-17-11-13-18(14-12-17)22-20-10-6-4-8-16-24(20)2/h11-14H,3-10,15-16H2,1-2H3. The maximum Gasteiger partial charge on any atom is 0.105 e. The molecule has 0 atom stereocenters. The normalized spacial score (nSPS) is 23.4. The van der Waals surface area contributed by atoms with Gasteiger partial charge in [0.25, 0.3) is 0 Å². The summed E-state index contributed by atoms with van der Waals surface area (Å²) in [5.74, 6) is 2.44. The van der Waals surface area contributed by atoms with E-state index in [1.165, 1.54) is 50.2 Å². The molecule has 3 rings (SSSR count). The molecule has 0 unspecified atom stereocenters. The number of likely N-dealkylation sites (tertiary alicyclic amines) is 2. The summed E-state index contributed by atoms with van der Waals surface area (Å²) in [5, 5.41) is 0. The summed E-state index contributed by atoms with van der Waals surface area (Å²) in [6, 6.07) is 8.40. The van der Waals surface area contributed by atoms with Gasteiger partial charge in [-0.05, 0) is 49.9 Å². The Hall–Kier alpha value is -1.84. The summed E-state index contributed by atoms with van der Waals surface area (Å²) in [6.07, 6.45) is 9.86. The van der Waals surface area contributed by atoms with Gasteiger partial charge in [0.05, 0.1) is 11.4 Å². The molecule has 0 bridgehead atoms. The highest BCUT2D eigenvalue weighted by atomic mass is 15.2. The molecule has 2 heterocycles. The number of rotatable bonds is 2. The van der Waals surface area contributed by atoms with E-state index < -0.39 is 0 Å². The second kappa shape index (κ2) is 8.32. The second-order valence-corrected chi connectivity index (χ2v) is 7.04. The predicted octanol–water partition coefficient (Wildman–Crippen LogP) is 4.76. The van der Waals surface area contributed by atoms with Crippen LogP contribution in [0.3, 0.4) is 0 Å². The third kappa shape index (κ3) is 4.59. The molecule has 4 nitrogen and oxygen atoms in total. The lowest BCUT2D eigenvalue weighted by atomic mass is 10.2. The van der Waals surface area contributed by atoms with Crippen molar-refractivity contribution in [1.29, 1.82) is 0 Å². The molecule has 24 heavy (non-hydrogen) atoms. The zero-order valence-corrected chi connectivity index (χ0v) is 15.2. The summed E-state index contributed by atoms with van der Waals surface area (Å²) in [5.41, 5.74) is 2.08. The molecular weight excluding hydrogens is 296 g/mol. The van der Waals surface area contributed by atoms with Gasteiger partial charge in [-0.3, -0.25) is 0 Å². The second-order valence-electron chi connectivity index (χ2n) is 7.04. The fourth-order valence-corrected chi connectivity index (χ4v) is 3.44. The Kier molecular flexibility index (Phi) is 5.89. The van der Waals surface area contributed by atoms with Crippen molar-refractivity contribution in [3.63, 3.8) is 0 Å². The van der Waals surface area contributed by atoms with Crippen LogP contribution in [0.1, 0.15) is 51.4 Å². The monoisotopic (exact) mass is 326 g/mol. The van der Waals surface area contributed by atoms with Crippen molar-refractivity contribution in [3.05, 3.63) is 24.3 Å². The fourth-order valence-electron chi connectivity index (χ4n) is 3.44. The van der Waals surface area contributed by atoms with E-state index in [-0.39, 0.29) is 0 Å².